The Kier molecular flexibility index (Phi) is 3.50. The summed E-state index contributed by atoms with van der Waals surface area (Å²) >= 11 is 0. The zero-order valence-corrected chi connectivity index (χ0v) is 14.6. The van der Waals surface area contributed by atoms with Crippen LogP contribution in [0.1, 0.15) is 5.56 Å². The summed E-state index contributed by atoms with van der Waals surface area (Å²) in [5, 5.41) is 12.5. The molecule has 0 amide bonds. The average molecular weight is 353 g/mol. The molecule has 2 aromatic carbocycles. The molecule has 0 bridgehead atoms. The Morgan fingerprint density at radius 2 is 1.81 bits per heavy atom. The van der Waals surface area contributed by atoms with Gasteiger partial charge in [-0.1, -0.05) is 18.2 Å². The summed E-state index contributed by atoms with van der Waals surface area (Å²) in [5.41, 5.74) is 5.05. The third-order valence-corrected chi connectivity index (χ3v) is 4.58. The van der Waals surface area contributed by atoms with Crippen LogP contribution >= 0.6 is 0 Å². The summed E-state index contributed by atoms with van der Waals surface area (Å²) in [6, 6.07) is 16.2. The molecular formula is C20H15N7. The predicted molar refractivity (Wildman–Crippen MR) is 102 cm³/mol. The van der Waals surface area contributed by atoms with Crippen LogP contribution in [-0.2, 0) is 0 Å². The molecule has 0 fully saturated rings. The molecule has 3 aromatic heterocycles. The minimum atomic E-state index is 0.875. The minimum Gasteiger partial charge on any atom is -0.300 e. The lowest BCUT2D eigenvalue weighted by atomic mass is 10.0. The van der Waals surface area contributed by atoms with E-state index < -0.39 is 0 Å². The summed E-state index contributed by atoms with van der Waals surface area (Å²) < 4.78 is 3.70. The zero-order valence-electron chi connectivity index (χ0n) is 14.6. The molecule has 5 rings (SSSR count). The zero-order chi connectivity index (χ0) is 18.2. The van der Waals surface area contributed by atoms with Crippen LogP contribution in [0.15, 0.2) is 73.4 Å². The lowest BCUT2D eigenvalue weighted by molar-refractivity contribution is 0.788. The SMILES string of the molecule is Cc1ccc2ncccc2c1-c1nccn1-c1cccc(-n2cnnn2)c1. The molecule has 0 aliphatic heterocycles. The van der Waals surface area contributed by atoms with E-state index in [1.165, 1.54) is 0 Å². The van der Waals surface area contributed by atoms with Crippen LogP contribution in [0, 0.1) is 6.92 Å². The highest BCUT2D eigenvalue weighted by Crippen LogP contribution is 2.31. The van der Waals surface area contributed by atoms with Gasteiger partial charge < -0.3 is 0 Å². The van der Waals surface area contributed by atoms with Gasteiger partial charge in [0.15, 0.2) is 0 Å². The van der Waals surface area contributed by atoms with Crippen LogP contribution in [0.2, 0.25) is 0 Å². The minimum absolute atomic E-state index is 0.875. The van der Waals surface area contributed by atoms with Gasteiger partial charge in [-0.3, -0.25) is 9.55 Å². The smallest absolute Gasteiger partial charge is 0.145 e. The number of pyridine rings is 1. The topological polar surface area (TPSA) is 74.3 Å². The molecule has 0 radical (unpaired) electrons. The molecule has 0 aliphatic rings. The predicted octanol–water partition coefficient (Wildman–Crippen LogP) is 3.37. The van der Waals surface area contributed by atoms with Gasteiger partial charge in [0.05, 0.1) is 11.2 Å². The Morgan fingerprint density at radius 3 is 2.70 bits per heavy atom. The highest BCUT2D eigenvalue weighted by atomic mass is 15.5. The van der Waals surface area contributed by atoms with Gasteiger partial charge in [-0.15, -0.1) is 5.10 Å². The highest BCUT2D eigenvalue weighted by Gasteiger charge is 2.14. The summed E-state index contributed by atoms with van der Waals surface area (Å²) in [6.07, 6.45) is 7.16. The maximum Gasteiger partial charge on any atom is 0.145 e. The molecule has 7 heteroatoms. The number of benzene rings is 2. The van der Waals surface area contributed by atoms with E-state index >= 15 is 0 Å². The standard InChI is InChI=1S/C20H15N7/c1-14-7-8-18-17(6-3-9-21-18)19(14)20-22-10-11-26(20)15-4-2-5-16(12-15)27-13-23-24-25-27/h2-13H,1H3. The molecule has 5 aromatic rings. The van der Waals surface area contributed by atoms with Crippen molar-refractivity contribution >= 4 is 10.9 Å². The van der Waals surface area contributed by atoms with Crippen molar-refractivity contribution in [2.45, 2.75) is 6.92 Å². The lowest BCUT2D eigenvalue weighted by Crippen LogP contribution is -2.01. The van der Waals surface area contributed by atoms with E-state index in [4.69, 9.17) is 0 Å². The molecule has 0 atom stereocenters. The molecule has 0 saturated heterocycles. The van der Waals surface area contributed by atoms with Gasteiger partial charge in [-0.25, -0.2) is 9.67 Å². The summed E-state index contributed by atoms with van der Waals surface area (Å²) in [6.45, 7) is 2.10. The second-order valence-electron chi connectivity index (χ2n) is 6.22. The third-order valence-electron chi connectivity index (χ3n) is 4.58. The van der Waals surface area contributed by atoms with Crippen molar-refractivity contribution in [2.24, 2.45) is 0 Å². The highest BCUT2D eigenvalue weighted by molar-refractivity contribution is 5.94. The first-order chi connectivity index (χ1) is 13.3. The number of fused-ring (bicyclic) bond motifs is 1. The third kappa shape index (κ3) is 2.56. The molecule has 7 nitrogen and oxygen atoms in total. The largest absolute Gasteiger partial charge is 0.300 e. The second kappa shape index (κ2) is 6.14. The van der Waals surface area contributed by atoms with Gasteiger partial charge in [-0.05, 0) is 53.2 Å². The fraction of sp³-hybridized carbons (Fsp3) is 0.0500. The fourth-order valence-corrected chi connectivity index (χ4v) is 3.32. The van der Waals surface area contributed by atoms with Crippen molar-refractivity contribution in [3.63, 3.8) is 0 Å². The lowest BCUT2D eigenvalue weighted by Gasteiger charge is -2.13. The molecule has 0 N–H and O–H groups in total. The first-order valence-corrected chi connectivity index (χ1v) is 8.53. The van der Waals surface area contributed by atoms with Crippen LogP contribution in [0.3, 0.4) is 0 Å². The number of hydrogen-bond acceptors (Lipinski definition) is 5. The summed E-state index contributed by atoms with van der Waals surface area (Å²) in [7, 11) is 0. The molecule has 0 spiro atoms. The number of aromatic nitrogens is 7. The van der Waals surface area contributed by atoms with Crippen LogP contribution in [0.4, 0.5) is 0 Å². The number of rotatable bonds is 3. The first-order valence-electron chi connectivity index (χ1n) is 8.53. The van der Waals surface area contributed by atoms with E-state index in [2.05, 4.69) is 49.1 Å². The molecule has 130 valence electrons. The Morgan fingerprint density at radius 1 is 0.889 bits per heavy atom. The second-order valence-corrected chi connectivity index (χ2v) is 6.22. The van der Waals surface area contributed by atoms with E-state index in [9.17, 15) is 0 Å². The van der Waals surface area contributed by atoms with Gasteiger partial charge in [0.2, 0.25) is 0 Å². The molecule has 3 heterocycles. The van der Waals surface area contributed by atoms with Crippen molar-refractivity contribution in [3.8, 4) is 22.8 Å². The average Bonchev–Trinajstić information content (AvgIpc) is 3.40. The van der Waals surface area contributed by atoms with Gasteiger partial charge in [0.25, 0.3) is 0 Å². The van der Waals surface area contributed by atoms with Crippen molar-refractivity contribution in [2.75, 3.05) is 0 Å². The van der Waals surface area contributed by atoms with Gasteiger partial charge >= 0.3 is 0 Å². The first kappa shape index (κ1) is 15.4. The molecule has 0 saturated carbocycles. The number of tetrazole rings is 1. The number of hydrogen-bond donors (Lipinski definition) is 0. The van der Waals surface area contributed by atoms with Crippen molar-refractivity contribution in [1.29, 1.82) is 0 Å². The summed E-state index contributed by atoms with van der Waals surface area (Å²) in [4.78, 5) is 9.13. The summed E-state index contributed by atoms with van der Waals surface area (Å²) in [5.74, 6) is 0.875. The Bertz CT molecular complexity index is 1240. The Hall–Kier alpha value is -3.87. The maximum absolute atomic E-state index is 4.65. The van der Waals surface area contributed by atoms with E-state index in [0.717, 1.165) is 39.2 Å². The van der Waals surface area contributed by atoms with Gasteiger partial charge in [0, 0.05) is 35.2 Å². The number of aryl methyl sites for hydroxylation is 1. The van der Waals surface area contributed by atoms with Crippen LogP contribution in [-0.4, -0.2) is 34.7 Å². The molecule has 0 aliphatic carbocycles. The van der Waals surface area contributed by atoms with Crippen molar-refractivity contribution in [1.82, 2.24) is 34.7 Å². The van der Waals surface area contributed by atoms with Crippen LogP contribution < -0.4 is 0 Å². The van der Waals surface area contributed by atoms with Gasteiger partial charge in [0.1, 0.15) is 12.2 Å². The number of nitrogens with zero attached hydrogens (tertiary/aromatic N) is 7. The maximum atomic E-state index is 4.65. The number of imidazole rings is 1. The Balaban J connectivity index is 1.71. The van der Waals surface area contributed by atoms with Gasteiger partial charge in [-0.2, -0.15) is 0 Å². The molecular weight excluding hydrogens is 338 g/mol. The fourth-order valence-electron chi connectivity index (χ4n) is 3.32. The molecule has 27 heavy (non-hydrogen) atoms. The van der Waals surface area contributed by atoms with Crippen molar-refractivity contribution in [3.05, 3.63) is 79.0 Å². The Labute approximate surface area is 154 Å². The van der Waals surface area contributed by atoms with E-state index in [-0.39, 0.29) is 0 Å². The monoisotopic (exact) mass is 353 g/mol. The van der Waals surface area contributed by atoms with Crippen molar-refractivity contribution < 1.29 is 0 Å². The van der Waals surface area contributed by atoms with Crippen LogP contribution in [0.5, 0.6) is 0 Å². The van der Waals surface area contributed by atoms with E-state index in [0.29, 0.717) is 0 Å². The van der Waals surface area contributed by atoms with E-state index in [1.54, 1.807) is 11.0 Å². The van der Waals surface area contributed by atoms with Crippen LogP contribution in [0.25, 0.3) is 33.7 Å². The molecule has 0 unspecified atom stereocenters. The quantitative estimate of drug-likeness (QED) is 0.497. The van der Waals surface area contributed by atoms with E-state index in [1.807, 2.05) is 55.0 Å². The normalized spacial score (nSPS) is 11.1.